The van der Waals surface area contributed by atoms with E-state index in [0.717, 1.165) is 28.3 Å². The fourth-order valence-electron chi connectivity index (χ4n) is 2.40. The minimum absolute atomic E-state index is 0.0888. The minimum atomic E-state index is -0.393. The lowest BCUT2D eigenvalue weighted by Crippen LogP contribution is -2.14. The first-order valence-corrected chi connectivity index (χ1v) is 8.38. The number of hydrogen-bond donors (Lipinski definition) is 0. The van der Waals surface area contributed by atoms with E-state index in [1.54, 1.807) is 12.1 Å². The van der Waals surface area contributed by atoms with Crippen molar-refractivity contribution in [3.05, 3.63) is 68.5 Å². The van der Waals surface area contributed by atoms with Crippen LogP contribution >= 0.6 is 11.3 Å². The maximum absolute atomic E-state index is 10.8. The average molecular weight is 340 g/mol. The fraction of sp³-hybridized carbons (Fsp3) is 0.176. The topological polar surface area (TPSA) is 73.3 Å². The number of hydrogen-bond acceptors (Lipinski definition) is 5. The van der Waals surface area contributed by atoms with Crippen LogP contribution in [-0.2, 0) is 6.54 Å². The third-order valence-corrected chi connectivity index (χ3v) is 4.44. The van der Waals surface area contributed by atoms with Crippen molar-refractivity contribution in [1.82, 2.24) is 9.55 Å². The van der Waals surface area contributed by atoms with Crippen molar-refractivity contribution in [2.45, 2.75) is 20.4 Å². The maximum atomic E-state index is 10.8. The summed E-state index contributed by atoms with van der Waals surface area (Å²) in [6.45, 7) is 4.73. The second-order valence-corrected chi connectivity index (χ2v) is 6.04. The molecule has 122 valence electrons. The molecule has 0 aliphatic carbocycles. The lowest BCUT2D eigenvalue weighted by atomic mass is 10.1. The third-order valence-electron chi connectivity index (χ3n) is 3.57. The molecule has 2 aromatic heterocycles. The number of nitro benzene ring substituents is 1. The fourth-order valence-corrected chi connectivity index (χ4v) is 3.38. The van der Waals surface area contributed by atoms with Crippen LogP contribution < -0.4 is 4.80 Å². The van der Waals surface area contributed by atoms with Crippen LogP contribution in [0.25, 0.3) is 11.3 Å². The van der Waals surface area contributed by atoms with Crippen LogP contribution in [0, 0.1) is 17.0 Å². The second-order valence-electron chi connectivity index (χ2n) is 5.20. The highest BCUT2D eigenvalue weighted by Gasteiger charge is 2.10. The Balaban J connectivity index is 2.05. The maximum Gasteiger partial charge on any atom is 0.269 e. The quantitative estimate of drug-likeness (QED) is 0.530. The molecule has 0 aliphatic rings. The number of benzene rings is 1. The molecule has 7 heteroatoms. The number of rotatable bonds is 4. The Hall–Kier alpha value is -2.80. The van der Waals surface area contributed by atoms with Gasteiger partial charge in [-0.05, 0) is 43.7 Å². The number of pyridine rings is 1. The minimum Gasteiger partial charge on any atom is -0.317 e. The summed E-state index contributed by atoms with van der Waals surface area (Å²) >= 11 is 1.53. The van der Waals surface area contributed by atoms with Crippen LogP contribution in [0.2, 0.25) is 0 Å². The van der Waals surface area contributed by atoms with Crippen LogP contribution in [0.5, 0.6) is 0 Å². The third kappa shape index (κ3) is 3.26. The van der Waals surface area contributed by atoms with Crippen LogP contribution in [0.4, 0.5) is 11.5 Å². The van der Waals surface area contributed by atoms with Crippen molar-refractivity contribution >= 4 is 22.8 Å². The molecule has 24 heavy (non-hydrogen) atoms. The van der Waals surface area contributed by atoms with Crippen molar-refractivity contribution in [3.8, 4) is 11.3 Å². The van der Waals surface area contributed by atoms with E-state index in [-0.39, 0.29) is 5.69 Å². The van der Waals surface area contributed by atoms with Gasteiger partial charge < -0.3 is 4.57 Å². The number of non-ortho nitro benzene ring substituents is 1. The standard InChI is InChI=1S/C17H16N4O2S/c1-3-20-15(13-7-9-14(10-8-13)21(22)23)11-24-17(20)19-16-6-4-5-12(2)18-16/h4-11H,3H2,1-2H3/b19-17+. The van der Waals surface area contributed by atoms with E-state index in [0.29, 0.717) is 5.82 Å². The summed E-state index contributed by atoms with van der Waals surface area (Å²) in [6, 6.07) is 12.3. The zero-order valence-electron chi connectivity index (χ0n) is 13.3. The van der Waals surface area contributed by atoms with Gasteiger partial charge in [-0.2, -0.15) is 0 Å². The molecular formula is C17H16N4O2S. The molecule has 6 nitrogen and oxygen atoms in total. The van der Waals surface area contributed by atoms with Crippen molar-refractivity contribution in [3.63, 3.8) is 0 Å². The second kappa shape index (κ2) is 6.76. The van der Waals surface area contributed by atoms with Gasteiger partial charge >= 0.3 is 0 Å². The summed E-state index contributed by atoms with van der Waals surface area (Å²) in [6.07, 6.45) is 0. The van der Waals surface area contributed by atoms with E-state index in [1.165, 1.54) is 23.5 Å². The first kappa shape index (κ1) is 16.1. The number of nitro groups is 1. The molecule has 3 rings (SSSR count). The molecule has 0 N–H and O–H groups in total. The molecular weight excluding hydrogens is 324 g/mol. The van der Waals surface area contributed by atoms with Crippen LogP contribution in [-0.4, -0.2) is 14.5 Å². The van der Waals surface area contributed by atoms with Gasteiger partial charge in [0.05, 0.1) is 10.6 Å². The highest BCUT2D eigenvalue weighted by molar-refractivity contribution is 7.07. The summed E-state index contributed by atoms with van der Waals surface area (Å²) in [7, 11) is 0. The molecule has 0 amide bonds. The van der Waals surface area contributed by atoms with Gasteiger partial charge in [0, 0.05) is 29.8 Å². The zero-order chi connectivity index (χ0) is 17.1. The monoisotopic (exact) mass is 340 g/mol. The summed E-state index contributed by atoms with van der Waals surface area (Å²) in [4.78, 5) is 20.3. The SMILES string of the molecule is CCn1c(-c2ccc([N+](=O)[O-])cc2)cs/c1=N/c1cccc(C)n1. The van der Waals surface area contributed by atoms with Gasteiger partial charge in [-0.3, -0.25) is 10.1 Å². The van der Waals surface area contributed by atoms with Crippen LogP contribution in [0.1, 0.15) is 12.6 Å². The lowest BCUT2D eigenvalue weighted by molar-refractivity contribution is -0.384. The van der Waals surface area contributed by atoms with Crippen LogP contribution in [0.3, 0.4) is 0 Å². The van der Waals surface area contributed by atoms with E-state index < -0.39 is 4.92 Å². The van der Waals surface area contributed by atoms with E-state index in [2.05, 4.69) is 14.5 Å². The molecule has 3 aromatic rings. The highest BCUT2D eigenvalue weighted by Crippen LogP contribution is 2.23. The normalized spacial score (nSPS) is 11.7. The summed E-state index contributed by atoms with van der Waals surface area (Å²) in [5, 5.41) is 12.8. The molecule has 2 heterocycles. The van der Waals surface area contributed by atoms with E-state index >= 15 is 0 Å². The predicted octanol–water partition coefficient (Wildman–Crippen LogP) is 4.08. The number of thiazole rings is 1. The zero-order valence-corrected chi connectivity index (χ0v) is 14.2. The van der Waals surface area contributed by atoms with Gasteiger partial charge in [0.15, 0.2) is 10.6 Å². The molecule has 0 spiro atoms. The molecule has 0 radical (unpaired) electrons. The summed E-state index contributed by atoms with van der Waals surface area (Å²) < 4.78 is 2.08. The molecule has 0 aliphatic heterocycles. The van der Waals surface area contributed by atoms with Crippen LogP contribution in [0.15, 0.2) is 52.8 Å². The van der Waals surface area contributed by atoms with Gasteiger partial charge in [0.2, 0.25) is 0 Å². The summed E-state index contributed by atoms with van der Waals surface area (Å²) in [5.41, 5.74) is 2.93. The molecule has 0 unspecified atom stereocenters. The van der Waals surface area contributed by atoms with Crippen molar-refractivity contribution in [2.24, 2.45) is 4.99 Å². The lowest BCUT2D eigenvalue weighted by Gasteiger charge is -2.06. The molecule has 1 aromatic carbocycles. The molecule has 0 saturated carbocycles. The van der Waals surface area contributed by atoms with Crippen molar-refractivity contribution in [2.75, 3.05) is 0 Å². The Labute approximate surface area is 142 Å². The van der Waals surface area contributed by atoms with E-state index in [1.807, 2.05) is 37.4 Å². The Morgan fingerprint density at radius 1 is 1.25 bits per heavy atom. The molecule has 0 atom stereocenters. The largest absolute Gasteiger partial charge is 0.317 e. The van der Waals surface area contributed by atoms with Crippen molar-refractivity contribution < 1.29 is 4.92 Å². The average Bonchev–Trinajstić information content (AvgIpc) is 2.97. The van der Waals surface area contributed by atoms with E-state index in [9.17, 15) is 10.1 Å². The molecule has 0 fully saturated rings. The Morgan fingerprint density at radius 3 is 2.62 bits per heavy atom. The van der Waals surface area contributed by atoms with Gasteiger partial charge in [0.25, 0.3) is 5.69 Å². The van der Waals surface area contributed by atoms with Gasteiger partial charge in [-0.25, -0.2) is 9.98 Å². The van der Waals surface area contributed by atoms with E-state index in [4.69, 9.17) is 0 Å². The van der Waals surface area contributed by atoms with Gasteiger partial charge in [-0.15, -0.1) is 11.3 Å². The Morgan fingerprint density at radius 2 is 2.00 bits per heavy atom. The Bertz CT molecular complexity index is 942. The number of aromatic nitrogens is 2. The van der Waals surface area contributed by atoms with Crippen molar-refractivity contribution in [1.29, 1.82) is 0 Å². The Kier molecular flexibility index (Phi) is 4.52. The smallest absolute Gasteiger partial charge is 0.269 e. The van der Waals surface area contributed by atoms with Gasteiger partial charge in [-0.1, -0.05) is 6.07 Å². The number of aryl methyl sites for hydroxylation is 1. The predicted molar refractivity (Wildman–Crippen MR) is 94.3 cm³/mol. The highest BCUT2D eigenvalue weighted by atomic mass is 32.1. The first-order chi connectivity index (χ1) is 11.6. The number of nitrogens with zero attached hydrogens (tertiary/aromatic N) is 4. The summed E-state index contributed by atoms with van der Waals surface area (Å²) in [5.74, 6) is 0.675. The first-order valence-electron chi connectivity index (χ1n) is 7.50. The molecule has 0 saturated heterocycles. The van der Waals surface area contributed by atoms with Gasteiger partial charge in [0.1, 0.15) is 0 Å². The molecule has 0 bridgehead atoms.